The van der Waals surface area contributed by atoms with Gasteiger partial charge in [0.2, 0.25) is 4.77 Å². The Morgan fingerprint density at radius 2 is 1.78 bits per heavy atom. The zero-order valence-corrected chi connectivity index (χ0v) is 17.0. The van der Waals surface area contributed by atoms with Gasteiger partial charge in [-0.1, -0.05) is 36.8 Å². The lowest BCUT2D eigenvalue weighted by Gasteiger charge is -2.40. The van der Waals surface area contributed by atoms with Crippen molar-refractivity contribution in [2.24, 2.45) is 5.92 Å². The van der Waals surface area contributed by atoms with Crippen molar-refractivity contribution >= 4 is 12.2 Å². The molecule has 5 heteroatoms. The minimum Gasteiger partial charge on any atom is -0.314 e. The molecule has 1 saturated heterocycles. The topological polar surface area (TPSA) is 27.2 Å². The van der Waals surface area contributed by atoms with Crippen molar-refractivity contribution in [2.75, 3.05) is 6.54 Å². The van der Waals surface area contributed by atoms with Crippen LogP contribution < -0.4 is 4.90 Å². The molecule has 2 aromatic rings. The Hall–Kier alpha value is -1.46. The van der Waals surface area contributed by atoms with Gasteiger partial charge in [-0.25, -0.2) is 0 Å². The van der Waals surface area contributed by atoms with Crippen LogP contribution >= 0.6 is 12.2 Å². The van der Waals surface area contributed by atoms with Crippen LogP contribution in [0.3, 0.4) is 0 Å². The Kier molecular flexibility index (Phi) is 4.91. The van der Waals surface area contributed by atoms with Gasteiger partial charge in [0.15, 0.2) is 6.67 Å². The van der Waals surface area contributed by atoms with Crippen molar-refractivity contribution in [1.82, 2.24) is 14.3 Å². The van der Waals surface area contributed by atoms with Gasteiger partial charge in [-0.2, -0.15) is 9.78 Å². The molecular weight excluding hydrogens is 352 g/mol. The van der Waals surface area contributed by atoms with E-state index in [0.717, 1.165) is 29.9 Å². The first-order chi connectivity index (χ1) is 13.3. The second-order valence-corrected chi connectivity index (χ2v) is 9.21. The number of benzene rings is 1. The van der Waals surface area contributed by atoms with E-state index in [0.29, 0.717) is 5.92 Å². The van der Waals surface area contributed by atoms with Gasteiger partial charge in [-0.3, -0.25) is 4.57 Å². The van der Waals surface area contributed by atoms with E-state index in [4.69, 9.17) is 17.3 Å². The van der Waals surface area contributed by atoms with Crippen molar-refractivity contribution in [1.29, 1.82) is 0 Å². The van der Waals surface area contributed by atoms with Crippen LogP contribution in [0.4, 0.5) is 0 Å². The molecule has 2 aliphatic carbocycles. The van der Waals surface area contributed by atoms with Crippen LogP contribution in [-0.4, -0.2) is 26.9 Å². The summed E-state index contributed by atoms with van der Waals surface area (Å²) in [5.41, 5.74) is 1.31. The number of fused-ring (bicyclic) bond motifs is 1. The van der Waals surface area contributed by atoms with Gasteiger partial charge in [-0.15, -0.1) is 0 Å². The van der Waals surface area contributed by atoms with E-state index in [1.807, 2.05) is 0 Å². The van der Waals surface area contributed by atoms with Gasteiger partial charge in [0.05, 0.1) is 19.1 Å². The molecule has 144 valence electrons. The molecule has 5 rings (SSSR count). The molecule has 0 amide bonds. The molecular formula is C22H31N4S+. The molecule has 3 aliphatic rings. The van der Waals surface area contributed by atoms with E-state index >= 15 is 0 Å². The Morgan fingerprint density at radius 3 is 2.59 bits per heavy atom. The smallest absolute Gasteiger partial charge is 0.203 e. The molecule has 0 radical (unpaired) electrons. The lowest BCUT2D eigenvalue weighted by molar-refractivity contribution is -0.958. The summed E-state index contributed by atoms with van der Waals surface area (Å²) in [6.45, 7) is 3.10. The highest BCUT2D eigenvalue weighted by atomic mass is 32.1. The van der Waals surface area contributed by atoms with Crippen LogP contribution in [0.1, 0.15) is 68.7 Å². The van der Waals surface area contributed by atoms with Crippen LogP contribution in [0.25, 0.3) is 0 Å². The number of nitrogens with one attached hydrogen (secondary N) is 1. The van der Waals surface area contributed by atoms with Gasteiger partial charge in [0.1, 0.15) is 5.82 Å². The third kappa shape index (κ3) is 3.64. The lowest BCUT2D eigenvalue weighted by Crippen LogP contribution is -3.17. The Labute approximate surface area is 167 Å². The van der Waals surface area contributed by atoms with Gasteiger partial charge in [-0.05, 0) is 62.7 Å². The number of quaternary nitrogens is 1. The highest BCUT2D eigenvalue weighted by Gasteiger charge is 2.37. The first-order valence-electron chi connectivity index (χ1n) is 10.9. The minimum absolute atomic E-state index is 0.621. The number of piperidine rings is 1. The first-order valence-corrected chi connectivity index (χ1v) is 11.3. The highest BCUT2D eigenvalue weighted by molar-refractivity contribution is 7.71. The molecule has 2 saturated carbocycles. The summed E-state index contributed by atoms with van der Waals surface area (Å²) in [6, 6.07) is 11.5. The first kappa shape index (κ1) is 17.6. The number of hydrogen-bond acceptors (Lipinski definition) is 2. The quantitative estimate of drug-likeness (QED) is 0.800. The Balaban J connectivity index is 1.41. The molecule has 4 nitrogen and oxygen atoms in total. The predicted octanol–water partition coefficient (Wildman–Crippen LogP) is 3.53. The molecule has 3 atom stereocenters. The molecule has 1 aliphatic heterocycles. The van der Waals surface area contributed by atoms with Crippen molar-refractivity contribution in [3.8, 4) is 0 Å². The SMILES string of the molecule is S=c1n(C[NH+]2CCC[C@@H]3CCCC[C@@H]32)nc(C2CC2)n1Cc1ccccc1. The van der Waals surface area contributed by atoms with Crippen LogP contribution in [0, 0.1) is 10.7 Å². The molecule has 0 bridgehead atoms. The summed E-state index contributed by atoms with van der Waals surface area (Å²) in [4.78, 5) is 1.73. The second-order valence-electron chi connectivity index (χ2n) is 8.85. The fraction of sp³-hybridized carbons (Fsp3) is 0.636. The van der Waals surface area contributed by atoms with Crippen molar-refractivity contribution in [3.63, 3.8) is 0 Å². The third-order valence-corrected chi connectivity index (χ3v) is 7.37. The predicted molar refractivity (Wildman–Crippen MR) is 109 cm³/mol. The maximum atomic E-state index is 5.92. The summed E-state index contributed by atoms with van der Waals surface area (Å²) in [7, 11) is 0. The normalized spacial score (nSPS) is 28.1. The monoisotopic (exact) mass is 383 g/mol. The van der Waals surface area contributed by atoms with E-state index in [1.165, 1.54) is 69.3 Å². The van der Waals surface area contributed by atoms with Gasteiger partial charge >= 0.3 is 0 Å². The largest absolute Gasteiger partial charge is 0.314 e. The van der Waals surface area contributed by atoms with Crippen LogP contribution in [0.15, 0.2) is 30.3 Å². The molecule has 2 heterocycles. The molecule has 1 unspecified atom stereocenters. The number of rotatable bonds is 5. The summed E-state index contributed by atoms with van der Waals surface area (Å²) in [5, 5.41) is 5.05. The van der Waals surface area contributed by atoms with E-state index in [-0.39, 0.29) is 0 Å². The van der Waals surface area contributed by atoms with Crippen LogP contribution in [-0.2, 0) is 13.2 Å². The number of nitrogens with zero attached hydrogens (tertiary/aromatic N) is 3. The number of likely N-dealkylation sites (tertiary alicyclic amines) is 1. The van der Waals surface area contributed by atoms with E-state index in [9.17, 15) is 0 Å². The van der Waals surface area contributed by atoms with Crippen LogP contribution in [0.2, 0.25) is 0 Å². The molecule has 3 fully saturated rings. The van der Waals surface area contributed by atoms with Gasteiger partial charge < -0.3 is 4.90 Å². The fourth-order valence-electron chi connectivity index (χ4n) is 5.37. The van der Waals surface area contributed by atoms with E-state index < -0.39 is 0 Å². The maximum Gasteiger partial charge on any atom is 0.203 e. The zero-order chi connectivity index (χ0) is 18.2. The summed E-state index contributed by atoms with van der Waals surface area (Å²) in [6.07, 6.45) is 11.0. The molecule has 27 heavy (non-hydrogen) atoms. The Bertz CT molecular complexity index is 834. The molecule has 1 aromatic heterocycles. The number of hydrogen-bond donors (Lipinski definition) is 1. The molecule has 0 spiro atoms. The van der Waals surface area contributed by atoms with E-state index in [1.54, 1.807) is 4.90 Å². The average Bonchev–Trinajstić information content (AvgIpc) is 3.51. The fourth-order valence-corrected chi connectivity index (χ4v) is 5.64. The summed E-state index contributed by atoms with van der Waals surface area (Å²) in [5.74, 6) is 2.78. The lowest BCUT2D eigenvalue weighted by atomic mass is 9.78. The second kappa shape index (κ2) is 7.51. The Morgan fingerprint density at radius 1 is 1.00 bits per heavy atom. The standard InChI is InChI=1S/C22H30N4S/c27-22-25(15-17-7-2-1-3-8-17)21(19-12-13-19)23-26(22)16-24-14-6-10-18-9-4-5-11-20(18)24/h1-3,7-8,18-20H,4-6,9-16H2/p+1/t18-,20-/m0/s1. The highest BCUT2D eigenvalue weighted by Crippen LogP contribution is 2.39. The molecule has 1 N–H and O–H groups in total. The van der Waals surface area contributed by atoms with Crippen molar-refractivity contribution in [3.05, 3.63) is 46.5 Å². The third-order valence-electron chi connectivity index (χ3n) is 6.94. The minimum atomic E-state index is 0.621. The molecule has 1 aromatic carbocycles. The van der Waals surface area contributed by atoms with Crippen molar-refractivity contribution in [2.45, 2.75) is 76.5 Å². The zero-order valence-electron chi connectivity index (χ0n) is 16.1. The summed E-state index contributed by atoms with van der Waals surface area (Å²) >= 11 is 5.92. The number of aromatic nitrogens is 3. The van der Waals surface area contributed by atoms with Crippen molar-refractivity contribution < 1.29 is 4.90 Å². The van der Waals surface area contributed by atoms with Crippen LogP contribution in [0.5, 0.6) is 0 Å². The van der Waals surface area contributed by atoms with Gasteiger partial charge in [0, 0.05) is 11.8 Å². The maximum absolute atomic E-state index is 5.92. The van der Waals surface area contributed by atoms with Gasteiger partial charge in [0.25, 0.3) is 0 Å². The summed E-state index contributed by atoms with van der Waals surface area (Å²) < 4.78 is 5.40. The van der Waals surface area contributed by atoms with E-state index in [2.05, 4.69) is 39.6 Å². The average molecular weight is 384 g/mol.